The first-order valence-corrected chi connectivity index (χ1v) is 3.83. The van der Waals surface area contributed by atoms with Crippen molar-refractivity contribution in [2.45, 2.75) is 6.42 Å². The molecule has 0 bridgehead atoms. The number of rotatable bonds is 3. The van der Waals surface area contributed by atoms with E-state index in [2.05, 4.69) is 10.0 Å². The zero-order chi connectivity index (χ0) is 10.6. The molecule has 74 valence electrons. The number of benzene rings is 1. The minimum absolute atomic E-state index is 0.0486. The molecule has 0 atom stereocenters. The Morgan fingerprint density at radius 3 is 2.79 bits per heavy atom. The lowest BCUT2D eigenvalue weighted by Crippen LogP contribution is -1.93. The molecule has 6 heteroatoms. The van der Waals surface area contributed by atoms with Gasteiger partial charge in [0.25, 0.3) is 0 Å². The van der Waals surface area contributed by atoms with Gasteiger partial charge in [0, 0.05) is 17.5 Å². The van der Waals surface area contributed by atoms with Crippen LogP contribution >= 0.6 is 0 Å². The molecular weight excluding hydrogens is 192 g/mol. The van der Waals surface area contributed by atoms with Crippen LogP contribution in [0.5, 0.6) is 5.75 Å². The highest BCUT2D eigenvalue weighted by molar-refractivity contribution is 5.34. The van der Waals surface area contributed by atoms with Gasteiger partial charge in [-0.1, -0.05) is 5.11 Å². The van der Waals surface area contributed by atoms with Crippen LogP contribution in [-0.4, -0.2) is 11.7 Å². The molecule has 0 amide bonds. The van der Waals surface area contributed by atoms with Crippen LogP contribution in [0.1, 0.15) is 5.56 Å². The molecule has 0 fully saturated rings. The highest BCUT2D eigenvalue weighted by Crippen LogP contribution is 2.22. The molecule has 1 aromatic carbocycles. The fraction of sp³-hybridized carbons (Fsp3) is 0.250. The van der Waals surface area contributed by atoms with Crippen LogP contribution in [0.4, 0.5) is 8.78 Å². The summed E-state index contributed by atoms with van der Waals surface area (Å²) in [6.07, 6.45) is 0.102. The number of phenols is 1. The maximum atomic E-state index is 12.8. The predicted octanol–water partition coefficient (Wildman–Crippen LogP) is 2.52. The Morgan fingerprint density at radius 2 is 2.14 bits per heavy atom. The van der Waals surface area contributed by atoms with Gasteiger partial charge >= 0.3 is 0 Å². The molecule has 0 aliphatic heterocycles. The molecule has 0 aromatic heterocycles. The molecule has 1 aromatic rings. The summed E-state index contributed by atoms with van der Waals surface area (Å²) in [5.74, 6) is -2.38. The van der Waals surface area contributed by atoms with E-state index in [1.54, 1.807) is 0 Å². The summed E-state index contributed by atoms with van der Waals surface area (Å²) < 4.78 is 25.4. The monoisotopic (exact) mass is 199 g/mol. The van der Waals surface area contributed by atoms with Crippen LogP contribution in [-0.2, 0) is 6.42 Å². The number of hydrogen-bond donors (Lipinski definition) is 1. The Balaban J connectivity index is 2.90. The van der Waals surface area contributed by atoms with E-state index in [1.165, 1.54) is 0 Å². The van der Waals surface area contributed by atoms with E-state index >= 15 is 0 Å². The van der Waals surface area contributed by atoms with Gasteiger partial charge in [-0.3, -0.25) is 0 Å². The normalized spacial score (nSPS) is 9.57. The molecule has 14 heavy (non-hydrogen) atoms. The number of hydrogen-bond acceptors (Lipinski definition) is 2. The van der Waals surface area contributed by atoms with Gasteiger partial charge in [0.1, 0.15) is 5.82 Å². The third kappa shape index (κ3) is 2.34. The lowest BCUT2D eigenvalue weighted by atomic mass is 10.1. The van der Waals surface area contributed by atoms with Gasteiger partial charge in [0.2, 0.25) is 0 Å². The quantitative estimate of drug-likeness (QED) is 0.453. The van der Waals surface area contributed by atoms with Gasteiger partial charge in [-0.05, 0) is 23.6 Å². The van der Waals surface area contributed by atoms with E-state index in [-0.39, 0.29) is 18.5 Å². The van der Waals surface area contributed by atoms with Gasteiger partial charge < -0.3 is 5.11 Å². The minimum atomic E-state index is -1.01. The number of azide groups is 1. The topological polar surface area (TPSA) is 69.0 Å². The fourth-order valence-electron chi connectivity index (χ4n) is 1.03. The highest BCUT2D eigenvalue weighted by atomic mass is 19.1. The minimum Gasteiger partial charge on any atom is -0.505 e. The summed E-state index contributed by atoms with van der Waals surface area (Å²) in [6, 6.07) is 1.59. The largest absolute Gasteiger partial charge is 0.505 e. The smallest absolute Gasteiger partial charge is 0.168 e. The van der Waals surface area contributed by atoms with Crippen molar-refractivity contribution in [3.8, 4) is 5.75 Å². The lowest BCUT2D eigenvalue weighted by molar-refractivity contribution is 0.421. The molecule has 0 aliphatic carbocycles. The zero-order valence-corrected chi connectivity index (χ0v) is 7.11. The van der Waals surface area contributed by atoms with Gasteiger partial charge in [-0.2, -0.15) is 0 Å². The van der Waals surface area contributed by atoms with E-state index in [4.69, 9.17) is 10.6 Å². The van der Waals surface area contributed by atoms with Crippen LogP contribution in [0.15, 0.2) is 17.2 Å². The molecule has 0 radical (unpaired) electrons. The first-order chi connectivity index (χ1) is 6.65. The number of halogens is 2. The Kier molecular flexibility index (Phi) is 3.25. The fourth-order valence-corrected chi connectivity index (χ4v) is 1.03. The Labute approximate surface area is 78.4 Å². The third-order valence-corrected chi connectivity index (χ3v) is 1.65. The molecule has 0 spiro atoms. The third-order valence-electron chi connectivity index (χ3n) is 1.65. The van der Waals surface area contributed by atoms with Gasteiger partial charge in [-0.25, -0.2) is 8.78 Å². The van der Waals surface area contributed by atoms with Crippen LogP contribution in [0.25, 0.3) is 10.4 Å². The lowest BCUT2D eigenvalue weighted by Gasteiger charge is -2.03. The maximum Gasteiger partial charge on any atom is 0.168 e. The first-order valence-electron chi connectivity index (χ1n) is 3.83. The molecular formula is C8H7F2N3O. The van der Waals surface area contributed by atoms with Crippen molar-refractivity contribution < 1.29 is 13.9 Å². The van der Waals surface area contributed by atoms with Gasteiger partial charge in [-0.15, -0.1) is 0 Å². The van der Waals surface area contributed by atoms with E-state index in [0.29, 0.717) is 6.07 Å². The van der Waals surface area contributed by atoms with Crippen molar-refractivity contribution in [1.29, 1.82) is 0 Å². The number of phenolic OH excluding ortho intramolecular Hbond substituents is 1. The Morgan fingerprint density at radius 1 is 1.43 bits per heavy atom. The molecule has 0 saturated carbocycles. The number of aromatic hydroxyl groups is 1. The molecule has 0 saturated heterocycles. The number of nitrogens with zero attached hydrogens (tertiary/aromatic N) is 3. The molecule has 0 unspecified atom stereocenters. The van der Waals surface area contributed by atoms with Crippen molar-refractivity contribution in [3.63, 3.8) is 0 Å². The van der Waals surface area contributed by atoms with E-state index in [0.717, 1.165) is 6.07 Å². The van der Waals surface area contributed by atoms with Crippen LogP contribution in [0.3, 0.4) is 0 Å². The second-order valence-electron chi connectivity index (χ2n) is 2.60. The van der Waals surface area contributed by atoms with Crippen LogP contribution in [0, 0.1) is 11.6 Å². The van der Waals surface area contributed by atoms with E-state index in [1.807, 2.05) is 0 Å². The van der Waals surface area contributed by atoms with Crippen molar-refractivity contribution in [2.24, 2.45) is 5.11 Å². The summed E-state index contributed by atoms with van der Waals surface area (Å²) in [7, 11) is 0. The van der Waals surface area contributed by atoms with E-state index < -0.39 is 17.4 Å². The molecule has 4 nitrogen and oxygen atoms in total. The van der Waals surface area contributed by atoms with Gasteiger partial charge in [0.15, 0.2) is 11.6 Å². The average molecular weight is 199 g/mol. The average Bonchev–Trinajstić information content (AvgIpc) is 2.13. The summed E-state index contributed by atoms with van der Waals surface area (Å²) in [5, 5.41) is 12.3. The summed E-state index contributed by atoms with van der Waals surface area (Å²) in [4.78, 5) is 2.48. The van der Waals surface area contributed by atoms with Crippen molar-refractivity contribution >= 4 is 0 Å². The molecule has 1 rings (SSSR count). The van der Waals surface area contributed by atoms with Crippen LogP contribution < -0.4 is 0 Å². The molecule has 0 aliphatic rings. The van der Waals surface area contributed by atoms with E-state index in [9.17, 15) is 8.78 Å². The van der Waals surface area contributed by atoms with Crippen molar-refractivity contribution in [2.75, 3.05) is 6.54 Å². The SMILES string of the molecule is [N-]=[N+]=NCCc1cc(F)cc(F)c1O. The highest BCUT2D eigenvalue weighted by Gasteiger charge is 2.08. The summed E-state index contributed by atoms with van der Waals surface area (Å²) in [6.45, 7) is 0.0486. The van der Waals surface area contributed by atoms with Crippen molar-refractivity contribution in [3.05, 3.63) is 39.8 Å². The Bertz CT molecular complexity index is 388. The second kappa shape index (κ2) is 4.43. The second-order valence-corrected chi connectivity index (χ2v) is 2.60. The summed E-state index contributed by atoms with van der Waals surface area (Å²) in [5.41, 5.74) is 8.06. The van der Waals surface area contributed by atoms with Crippen LogP contribution in [0.2, 0.25) is 0 Å². The predicted molar refractivity (Wildman–Crippen MR) is 45.7 cm³/mol. The molecule has 1 N–H and O–H groups in total. The Hall–Kier alpha value is -1.81. The standard InChI is InChI=1S/C8H7F2N3O/c9-6-3-5(1-2-12-13-11)8(14)7(10)4-6/h3-4,14H,1-2H2. The van der Waals surface area contributed by atoms with Crippen molar-refractivity contribution in [1.82, 2.24) is 0 Å². The zero-order valence-electron chi connectivity index (χ0n) is 7.11. The maximum absolute atomic E-state index is 12.8. The summed E-state index contributed by atoms with van der Waals surface area (Å²) >= 11 is 0. The first kappa shape index (κ1) is 10.3. The molecule has 0 heterocycles. The van der Waals surface area contributed by atoms with Gasteiger partial charge in [0.05, 0.1) is 0 Å².